The molecule has 3 aliphatic heterocycles. The summed E-state index contributed by atoms with van der Waals surface area (Å²) in [6.07, 6.45) is 6.46. The first kappa shape index (κ1) is 36.4. The zero-order chi connectivity index (χ0) is 36.9. The lowest BCUT2D eigenvalue weighted by atomic mass is 9.85. The van der Waals surface area contributed by atoms with Gasteiger partial charge in [0.1, 0.15) is 23.7 Å². The number of carbonyl (C=O) groups excluding carboxylic acids is 5. The molecule has 3 heterocycles. The van der Waals surface area contributed by atoms with E-state index in [1.807, 2.05) is 30.4 Å². The number of rotatable bonds is 6. The predicted molar refractivity (Wildman–Crippen MR) is 188 cm³/mol. The zero-order valence-electron chi connectivity index (χ0n) is 29.6. The number of nitrogens with zero attached hydrogens (tertiary/aromatic N) is 3. The summed E-state index contributed by atoms with van der Waals surface area (Å²) in [5.74, 6) is -2.64. The van der Waals surface area contributed by atoms with Gasteiger partial charge in [0.05, 0.1) is 18.3 Å². The Morgan fingerprint density at radius 2 is 1.88 bits per heavy atom. The normalized spacial score (nSPS) is 29.3. The van der Waals surface area contributed by atoms with Crippen molar-refractivity contribution in [3.05, 3.63) is 53.6 Å². The number of benzene rings is 1. The molecule has 5 aliphatic rings. The summed E-state index contributed by atoms with van der Waals surface area (Å²) in [6, 6.07) is 3.20. The SMILES string of the molecule is C=C[C@@H]1C[C@]1(NC(=O)[C@@H]1C[C@@H]2CN1C(=O)[C@H](C(C)(C)C)NC(=O)N(C)CCC/C=C/c1cccc3c1CN(C3)C(=O)O2)C(=O)NS(=O)(=O)C1CC1. The second-order valence-corrected chi connectivity index (χ2v) is 17.4. The molecule has 15 heteroatoms. The highest BCUT2D eigenvalue weighted by atomic mass is 32.2. The zero-order valence-corrected chi connectivity index (χ0v) is 30.5. The van der Waals surface area contributed by atoms with Crippen LogP contribution in [0.4, 0.5) is 9.59 Å². The smallest absolute Gasteiger partial charge is 0.410 e. The van der Waals surface area contributed by atoms with Crippen molar-refractivity contribution in [1.29, 1.82) is 0 Å². The Hall–Kier alpha value is -4.40. The van der Waals surface area contributed by atoms with Crippen molar-refractivity contribution < 1.29 is 37.1 Å². The van der Waals surface area contributed by atoms with Crippen LogP contribution >= 0.6 is 0 Å². The van der Waals surface area contributed by atoms with E-state index in [0.717, 1.165) is 16.7 Å². The molecule has 3 fully saturated rings. The fourth-order valence-electron chi connectivity index (χ4n) is 7.15. The molecule has 1 aromatic rings. The number of amides is 6. The number of hydrogen-bond donors (Lipinski definition) is 3. The summed E-state index contributed by atoms with van der Waals surface area (Å²) in [6.45, 7) is 10.2. The molecule has 2 aliphatic carbocycles. The van der Waals surface area contributed by atoms with Gasteiger partial charge in [-0.1, -0.05) is 57.2 Å². The molecule has 1 saturated heterocycles. The van der Waals surface area contributed by atoms with Gasteiger partial charge in [-0.3, -0.25) is 24.0 Å². The molecule has 2 saturated carbocycles. The standard InChI is InChI=1S/C36H48N6O8S/c1-6-24-18-36(24,32(45)39-51(48,49)26-14-15-26)38-30(43)28-17-25-20-42(28)31(44)29(35(2,3)4)37-33(46)40(5)16-9-7-8-11-22-12-10-13-23-19-41(21-27(22)23)34(47)50-25/h6,8,10-13,24-26,28-29H,1,7,9,14-21H2,2-5H3,(H,37,46)(H,38,43)(H,39,45)/b11-8+/t24-,25-,28+,29-,36-/m1/s1. The van der Waals surface area contributed by atoms with Crippen LogP contribution in [-0.2, 0) is 42.2 Å². The van der Waals surface area contributed by atoms with Crippen molar-refractivity contribution in [3.63, 3.8) is 0 Å². The van der Waals surface area contributed by atoms with Crippen LogP contribution in [-0.4, -0.2) is 102 Å². The molecule has 0 radical (unpaired) electrons. The molecule has 0 unspecified atom stereocenters. The highest BCUT2D eigenvalue weighted by Crippen LogP contribution is 2.45. The number of fused-ring (bicyclic) bond motifs is 3. The maximum Gasteiger partial charge on any atom is 0.410 e. The van der Waals surface area contributed by atoms with Crippen LogP contribution in [0.25, 0.3) is 6.08 Å². The van der Waals surface area contributed by atoms with Crippen molar-refractivity contribution >= 4 is 45.9 Å². The Morgan fingerprint density at radius 3 is 2.55 bits per heavy atom. The Balaban J connectivity index is 1.29. The van der Waals surface area contributed by atoms with Gasteiger partial charge in [0.15, 0.2) is 0 Å². The van der Waals surface area contributed by atoms with Gasteiger partial charge in [-0.15, -0.1) is 6.58 Å². The van der Waals surface area contributed by atoms with Gasteiger partial charge < -0.3 is 25.2 Å². The number of carbonyl (C=O) groups is 5. The Morgan fingerprint density at radius 1 is 1.14 bits per heavy atom. The molecule has 6 rings (SSSR count). The van der Waals surface area contributed by atoms with E-state index in [1.165, 1.54) is 15.9 Å². The fourth-order valence-corrected chi connectivity index (χ4v) is 8.51. The van der Waals surface area contributed by atoms with Gasteiger partial charge >= 0.3 is 12.1 Å². The highest BCUT2D eigenvalue weighted by Gasteiger charge is 2.62. The summed E-state index contributed by atoms with van der Waals surface area (Å²) in [5, 5.41) is 4.98. The maximum atomic E-state index is 14.5. The van der Waals surface area contributed by atoms with Crippen molar-refractivity contribution in [2.75, 3.05) is 20.1 Å². The molecule has 0 aromatic heterocycles. The van der Waals surface area contributed by atoms with Crippen molar-refractivity contribution in [3.8, 4) is 0 Å². The largest absolute Gasteiger partial charge is 0.444 e. The molecule has 6 amide bonds. The summed E-state index contributed by atoms with van der Waals surface area (Å²) in [4.78, 5) is 73.4. The fraction of sp³-hybridized carbons (Fsp3) is 0.583. The molecular formula is C36H48N6O8S. The van der Waals surface area contributed by atoms with Gasteiger partial charge in [-0.05, 0) is 54.2 Å². The minimum Gasteiger partial charge on any atom is -0.444 e. The van der Waals surface area contributed by atoms with Crippen LogP contribution in [0.3, 0.4) is 0 Å². The van der Waals surface area contributed by atoms with Crippen LogP contribution in [0.2, 0.25) is 0 Å². The van der Waals surface area contributed by atoms with Gasteiger partial charge in [0, 0.05) is 32.5 Å². The van der Waals surface area contributed by atoms with Crippen LogP contribution in [0.15, 0.2) is 36.9 Å². The Labute approximate surface area is 299 Å². The quantitative estimate of drug-likeness (QED) is 0.376. The van der Waals surface area contributed by atoms with Gasteiger partial charge in [0.25, 0.3) is 5.91 Å². The third-order valence-corrected chi connectivity index (χ3v) is 12.4. The third-order valence-electron chi connectivity index (χ3n) is 10.5. The maximum absolute atomic E-state index is 14.5. The first-order chi connectivity index (χ1) is 24.0. The Bertz CT molecular complexity index is 1770. The first-order valence-electron chi connectivity index (χ1n) is 17.6. The van der Waals surface area contributed by atoms with Crippen LogP contribution < -0.4 is 15.4 Å². The molecule has 5 atom stereocenters. The number of urea groups is 1. The molecule has 276 valence electrons. The molecule has 1 aromatic carbocycles. The minimum atomic E-state index is -3.90. The molecular weight excluding hydrogens is 676 g/mol. The molecule has 14 nitrogen and oxygen atoms in total. The second-order valence-electron chi connectivity index (χ2n) is 15.5. The summed E-state index contributed by atoms with van der Waals surface area (Å²) >= 11 is 0. The molecule has 4 bridgehead atoms. The van der Waals surface area contributed by atoms with Gasteiger partial charge in [0.2, 0.25) is 21.8 Å². The van der Waals surface area contributed by atoms with E-state index in [9.17, 15) is 32.4 Å². The molecule has 51 heavy (non-hydrogen) atoms. The summed E-state index contributed by atoms with van der Waals surface area (Å²) < 4.78 is 33.4. The van der Waals surface area contributed by atoms with E-state index in [4.69, 9.17) is 4.74 Å². The van der Waals surface area contributed by atoms with E-state index in [0.29, 0.717) is 45.3 Å². The van der Waals surface area contributed by atoms with E-state index >= 15 is 0 Å². The summed E-state index contributed by atoms with van der Waals surface area (Å²) in [7, 11) is -2.24. The lowest BCUT2D eigenvalue weighted by Gasteiger charge is -2.36. The number of nitrogens with one attached hydrogen (secondary N) is 3. The lowest BCUT2D eigenvalue weighted by Crippen LogP contribution is -2.61. The van der Waals surface area contributed by atoms with E-state index in [2.05, 4.69) is 21.9 Å². The lowest BCUT2D eigenvalue weighted by molar-refractivity contribution is -0.142. The number of ether oxygens (including phenoxy) is 1. The monoisotopic (exact) mass is 724 g/mol. The van der Waals surface area contributed by atoms with E-state index < -0.39 is 80.2 Å². The second kappa shape index (κ2) is 13.6. The van der Waals surface area contributed by atoms with E-state index in [1.54, 1.807) is 32.7 Å². The topological polar surface area (TPSA) is 175 Å². The van der Waals surface area contributed by atoms with Crippen LogP contribution in [0.5, 0.6) is 0 Å². The highest BCUT2D eigenvalue weighted by molar-refractivity contribution is 7.91. The van der Waals surface area contributed by atoms with Gasteiger partial charge in [-0.25, -0.2) is 18.0 Å². The summed E-state index contributed by atoms with van der Waals surface area (Å²) in [5.41, 5.74) is 0.660. The van der Waals surface area contributed by atoms with Crippen molar-refractivity contribution in [2.24, 2.45) is 11.3 Å². The van der Waals surface area contributed by atoms with Crippen molar-refractivity contribution in [2.45, 2.75) is 101 Å². The minimum absolute atomic E-state index is 0.0698. The van der Waals surface area contributed by atoms with E-state index in [-0.39, 0.29) is 19.4 Å². The van der Waals surface area contributed by atoms with Crippen LogP contribution in [0, 0.1) is 11.3 Å². The Kier molecular flexibility index (Phi) is 9.72. The predicted octanol–water partition coefficient (Wildman–Crippen LogP) is 2.64. The third kappa shape index (κ3) is 7.49. The average molecular weight is 725 g/mol. The average Bonchev–Trinajstić information content (AvgIpc) is 3.96. The number of hydrogen-bond acceptors (Lipinski definition) is 8. The van der Waals surface area contributed by atoms with Crippen LogP contribution in [0.1, 0.15) is 76.0 Å². The first-order valence-corrected chi connectivity index (χ1v) is 19.1. The molecule has 3 N–H and O–H groups in total. The number of sulfonamides is 1. The molecule has 0 spiro atoms. The van der Waals surface area contributed by atoms with Crippen molar-refractivity contribution in [1.82, 2.24) is 30.1 Å². The van der Waals surface area contributed by atoms with Gasteiger partial charge in [-0.2, -0.15) is 0 Å². The number of allylic oxidation sites excluding steroid dienone is 1.